The van der Waals surface area contributed by atoms with Crippen molar-refractivity contribution in [1.82, 2.24) is 0 Å². The van der Waals surface area contributed by atoms with E-state index in [1.54, 1.807) is 0 Å². The van der Waals surface area contributed by atoms with Crippen LogP contribution in [-0.2, 0) is 0 Å². The van der Waals surface area contributed by atoms with Gasteiger partial charge in [-0.2, -0.15) is 10.5 Å². The van der Waals surface area contributed by atoms with Gasteiger partial charge in [0.25, 0.3) is 0 Å². The smallest absolute Gasteiger partial charge is 0.108 e. The summed E-state index contributed by atoms with van der Waals surface area (Å²) in [6, 6.07) is 26.1. The molecular weight excluding hydrogens is 332 g/mol. The molecule has 0 radical (unpaired) electrons. The highest BCUT2D eigenvalue weighted by Gasteiger charge is 2.35. The zero-order valence-corrected chi connectivity index (χ0v) is 15.2. The Hall–Kier alpha value is -3.76. The molecule has 1 heterocycles. The first-order valence-electron chi connectivity index (χ1n) is 8.82. The largest absolute Gasteiger partial charge is 0.318 e. The van der Waals surface area contributed by atoms with E-state index in [9.17, 15) is 10.5 Å². The van der Waals surface area contributed by atoms with E-state index in [0.717, 1.165) is 28.3 Å². The van der Waals surface area contributed by atoms with Gasteiger partial charge in [0.15, 0.2) is 0 Å². The van der Waals surface area contributed by atoms with Crippen LogP contribution in [0.4, 0.5) is 22.7 Å². The zero-order chi connectivity index (χ0) is 19.0. The van der Waals surface area contributed by atoms with Crippen LogP contribution in [0, 0.1) is 29.6 Å². The maximum absolute atomic E-state index is 9.34. The number of benzene rings is 3. The highest BCUT2D eigenvalue weighted by molar-refractivity contribution is 5.89. The number of para-hydroxylation sites is 2. The van der Waals surface area contributed by atoms with Gasteiger partial charge < -0.3 is 9.80 Å². The summed E-state index contributed by atoms with van der Waals surface area (Å²) in [4.78, 5) is 4.49. The SMILES string of the molecule is Cc1ccc(C#N)cc1N1c2ccccc2N(c2cccc(C#N)c2)[C@H]1C. The molecule has 1 aliphatic heterocycles. The second-order valence-corrected chi connectivity index (χ2v) is 6.64. The van der Waals surface area contributed by atoms with Gasteiger partial charge in [0.2, 0.25) is 0 Å². The Morgan fingerprint density at radius 3 is 2.11 bits per heavy atom. The number of fused-ring (bicyclic) bond motifs is 1. The molecule has 0 amide bonds. The van der Waals surface area contributed by atoms with Crippen molar-refractivity contribution in [2.24, 2.45) is 0 Å². The Labute approximate surface area is 159 Å². The molecule has 3 aromatic rings. The number of hydrogen-bond acceptors (Lipinski definition) is 4. The predicted molar refractivity (Wildman–Crippen MR) is 107 cm³/mol. The molecule has 0 aromatic heterocycles. The summed E-state index contributed by atoms with van der Waals surface area (Å²) in [6.45, 7) is 4.20. The second-order valence-electron chi connectivity index (χ2n) is 6.64. The van der Waals surface area contributed by atoms with E-state index in [2.05, 4.69) is 47.9 Å². The third-order valence-electron chi connectivity index (χ3n) is 5.00. The molecule has 3 aromatic carbocycles. The molecule has 0 saturated heterocycles. The van der Waals surface area contributed by atoms with E-state index in [-0.39, 0.29) is 6.17 Å². The van der Waals surface area contributed by atoms with E-state index >= 15 is 0 Å². The van der Waals surface area contributed by atoms with Crippen molar-refractivity contribution >= 4 is 22.7 Å². The quantitative estimate of drug-likeness (QED) is 0.623. The van der Waals surface area contributed by atoms with Crippen LogP contribution < -0.4 is 9.80 Å². The van der Waals surface area contributed by atoms with Crippen LogP contribution in [0.5, 0.6) is 0 Å². The van der Waals surface area contributed by atoms with Crippen LogP contribution in [0.2, 0.25) is 0 Å². The first kappa shape index (κ1) is 16.7. The van der Waals surface area contributed by atoms with Crippen molar-refractivity contribution in [3.63, 3.8) is 0 Å². The van der Waals surface area contributed by atoms with Crippen LogP contribution in [0.3, 0.4) is 0 Å². The molecule has 4 rings (SSSR count). The molecule has 1 atom stereocenters. The Bertz CT molecular complexity index is 1100. The van der Waals surface area contributed by atoms with Gasteiger partial charge in [-0.3, -0.25) is 0 Å². The highest BCUT2D eigenvalue weighted by Crippen LogP contribution is 2.48. The van der Waals surface area contributed by atoms with Crippen LogP contribution in [-0.4, -0.2) is 6.17 Å². The number of aryl methyl sites for hydroxylation is 1. The number of anilines is 4. The number of rotatable bonds is 2. The molecule has 0 unspecified atom stereocenters. The number of hydrogen-bond donors (Lipinski definition) is 0. The van der Waals surface area contributed by atoms with E-state index in [1.165, 1.54) is 0 Å². The van der Waals surface area contributed by atoms with Crippen LogP contribution in [0.1, 0.15) is 23.6 Å². The summed E-state index contributed by atoms with van der Waals surface area (Å²) in [7, 11) is 0. The molecule has 0 N–H and O–H groups in total. The number of nitrogens with zero attached hydrogens (tertiary/aromatic N) is 4. The van der Waals surface area contributed by atoms with Gasteiger partial charge in [0.05, 0.1) is 34.6 Å². The Morgan fingerprint density at radius 1 is 0.741 bits per heavy atom. The fourth-order valence-electron chi connectivity index (χ4n) is 3.74. The lowest BCUT2D eigenvalue weighted by molar-refractivity contribution is 0.759. The van der Waals surface area contributed by atoms with Gasteiger partial charge in [-0.1, -0.05) is 24.3 Å². The maximum Gasteiger partial charge on any atom is 0.108 e. The summed E-state index contributed by atoms with van der Waals surface area (Å²) in [5, 5.41) is 18.6. The summed E-state index contributed by atoms with van der Waals surface area (Å²) in [5.74, 6) is 0. The van der Waals surface area contributed by atoms with Gasteiger partial charge in [-0.05, 0) is 61.9 Å². The maximum atomic E-state index is 9.34. The van der Waals surface area contributed by atoms with Crippen molar-refractivity contribution in [3.8, 4) is 12.1 Å². The lowest BCUT2D eigenvalue weighted by Gasteiger charge is -2.31. The molecule has 0 spiro atoms. The third kappa shape index (κ3) is 2.69. The fraction of sp³-hybridized carbons (Fsp3) is 0.130. The van der Waals surface area contributed by atoms with Crippen molar-refractivity contribution in [2.45, 2.75) is 20.0 Å². The molecular formula is C23H18N4. The third-order valence-corrected chi connectivity index (χ3v) is 5.00. The normalized spacial score (nSPS) is 15.2. The van der Waals surface area contributed by atoms with E-state index in [0.29, 0.717) is 11.1 Å². The minimum Gasteiger partial charge on any atom is -0.318 e. The van der Waals surface area contributed by atoms with Gasteiger partial charge >= 0.3 is 0 Å². The van der Waals surface area contributed by atoms with Crippen molar-refractivity contribution < 1.29 is 0 Å². The molecule has 0 bridgehead atoms. The standard InChI is InChI=1S/C23H18N4/c1-16-10-11-19(15-25)13-23(16)27-17(2)26(21-8-3-4-9-22(21)27)20-7-5-6-18(12-20)14-24/h3-13,17H,1-2H3/t17-/m1/s1. The van der Waals surface area contributed by atoms with Crippen molar-refractivity contribution in [2.75, 3.05) is 9.80 Å². The van der Waals surface area contributed by atoms with Crippen molar-refractivity contribution in [3.05, 3.63) is 83.4 Å². The van der Waals surface area contributed by atoms with Crippen LogP contribution >= 0.6 is 0 Å². The summed E-state index contributed by atoms with van der Waals surface area (Å²) in [5.41, 5.74) is 6.57. The van der Waals surface area contributed by atoms with E-state index in [1.807, 2.05) is 54.6 Å². The van der Waals surface area contributed by atoms with E-state index in [4.69, 9.17) is 0 Å². The lowest BCUT2D eigenvalue weighted by Crippen LogP contribution is -2.35. The molecule has 130 valence electrons. The van der Waals surface area contributed by atoms with Gasteiger partial charge in [0.1, 0.15) is 6.17 Å². The molecule has 0 fully saturated rings. The summed E-state index contributed by atoms with van der Waals surface area (Å²) in [6.07, 6.45) is 0.00369. The van der Waals surface area contributed by atoms with E-state index < -0.39 is 0 Å². The van der Waals surface area contributed by atoms with Gasteiger partial charge in [-0.15, -0.1) is 0 Å². The van der Waals surface area contributed by atoms with Crippen LogP contribution in [0.15, 0.2) is 66.7 Å². The molecule has 4 nitrogen and oxygen atoms in total. The molecule has 0 aliphatic carbocycles. The molecule has 1 aliphatic rings. The Kier molecular flexibility index (Phi) is 4.03. The highest BCUT2D eigenvalue weighted by atomic mass is 15.4. The minimum absolute atomic E-state index is 0.00369. The van der Waals surface area contributed by atoms with Crippen molar-refractivity contribution in [1.29, 1.82) is 10.5 Å². The van der Waals surface area contributed by atoms with Gasteiger partial charge in [0, 0.05) is 11.4 Å². The van der Waals surface area contributed by atoms with Gasteiger partial charge in [-0.25, -0.2) is 0 Å². The molecule has 0 saturated carbocycles. The monoisotopic (exact) mass is 350 g/mol. The lowest BCUT2D eigenvalue weighted by atomic mass is 10.1. The zero-order valence-electron chi connectivity index (χ0n) is 15.2. The van der Waals surface area contributed by atoms with Crippen LogP contribution in [0.25, 0.3) is 0 Å². The molecule has 27 heavy (non-hydrogen) atoms. The average molecular weight is 350 g/mol. The molecule has 4 heteroatoms. The summed E-state index contributed by atoms with van der Waals surface area (Å²) >= 11 is 0. The minimum atomic E-state index is 0.00369. The first-order valence-corrected chi connectivity index (χ1v) is 8.82. The Balaban J connectivity index is 1.89. The Morgan fingerprint density at radius 2 is 1.41 bits per heavy atom. The number of nitriles is 2. The topological polar surface area (TPSA) is 54.1 Å². The first-order chi connectivity index (χ1) is 13.1. The average Bonchev–Trinajstić information content (AvgIpc) is 3.00. The summed E-state index contributed by atoms with van der Waals surface area (Å²) < 4.78 is 0. The fourth-order valence-corrected chi connectivity index (χ4v) is 3.74. The second kappa shape index (κ2) is 6.52. The predicted octanol–water partition coefficient (Wildman–Crippen LogP) is 5.37.